The van der Waals surface area contributed by atoms with Crippen molar-refractivity contribution >= 4 is 0 Å². The molecule has 0 fully saturated rings. The average Bonchev–Trinajstić information content (AvgIpc) is 1.79. The van der Waals surface area contributed by atoms with Gasteiger partial charge in [-0.15, -0.1) is 0 Å². The fourth-order valence-corrected chi connectivity index (χ4v) is 0.933. The molecule has 0 saturated heterocycles. The van der Waals surface area contributed by atoms with Gasteiger partial charge in [-0.05, 0) is 12.3 Å². The van der Waals surface area contributed by atoms with Crippen molar-refractivity contribution in [2.45, 2.75) is 26.4 Å². The maximum Gasteiger partial charge on any atom is 0.393 e. The zero-order chi connectivity index (χ0) is 9.07. The van der Waals surface area contributed by atoms with E-state index in [1.165, 1.54) is 0 Å². The Morgan fingerprint density at radius 1 is 1.27 bits per heavy atom. The molecule has 1 atom stereocenters. The summed E-state index contributed by atoms with van der Waals surface area (Å²) in [5.41, 5.74) is 4.99. The van der Waals surface area contributed by atoms with Gasteiger partial charge in [-0.1, -0.05) is 13.8 Å². The lowest BCUT2D eigenvalue weighted by molar-refractivity contribution is -0.175. The van der Waals surface area contributed by atoms with Crippen molar-refractivity contribution in [3.63, 3.8) is 0 Å². The maximum absolute atomic E-state index is 12.0. The molecule has 68 valence electrons. The number of alkyl halides is 3. The van der Waals surface area contributed by atoms with Crippen LogP contribution in [0.5, 0.6) is 0 Å². The van der Waals surface area contributed by atoms with Crippen LogP contribution in [0.4, 0.5) is 13.2 Å². The van der Waals surface area contributed by atoms with Crippen molar-refractivity contribution in [1.29, 1.82) is 0 Å². The second-order valence-electron chi connectivity index (χ2n) is 3.10. The Kier molecular flexibility index (Phi) is 3.86. The second kappa shape index (κ2) is 3.95. The van der Waals surface area contributed by atoms with Gasteiger partial charge in [0, 0.05) is 6.54 Å². The normalized spacial score (nSPS) is 15.5. The smallest absolute Gasteiger partial charge is 0.330 e. The maximum atomic E-state index is 12.0. The van der Waals surface area contributed by atoms with E-state index in [1.807, 2.05) is 0 Å². The first-order chi connectivity index (χ1) is 4.88. The quantitative estimate of drug-likeness (QED) is 0.688. The minimum atomic E-state index is -4.13. The van der Waals surface area contributed by atoms with Crippen molar-refractivity contribution in [3.8, 4) is 0 Å². The van der Waals surface area contributed by atoms with Crippen molar-refractivity contribution in [1.82, 2.24) is 0 Å². The lowest BCUT2D eigenvalue weighted by Crippen LogP contribution is -2.31. The molecule has 1 unspecified atom stereocenters. The van der Waals surface area contributed by atoms with Gasteiger partial charge >= 0.3 is 6.18 Å². The molecule has 0 amide bonds. The third kappa shape index (κ3) is 4.24. The molecule has 0 aliphatic rings. The zero-order valence-corrected chi connectivity index (χ0v) is 6.78. The molecule has 0 heterocycles. The van der Waals surface area contributed by atoms with Gasteiger partial charge in [-0.2, -0.15) is 13.2 Å². The second-order valence-corrected chi connectivity index (χ2v) is 3.10. The Balaban J connectivity index is 3.96. The van der Waals surface area contributed by atoms with Gasteiger partial charge in [-0.25, -0.2) is 0 Å². The van der Waals surface area contributed by atoms with Crippen LogP contribution < -0.4 is 5.73 Å². The predicted octanol–water partition coefficient (Wildman–Crippen LogP) is 2.17. The minimum absolute atomic E-state index is 0.0465. The Labute approximate surface area is 64.8 Å². The fraction of sp³-hybridized carbons (Fsp3) is 1.00. The molecule has 11 heavy (non-hydrogen) atoms. The van der Waals surface area contributed by atoms with Crippen LogP contribution >= 0.6 is 0 Å². The standard InChI is InChI=1S/C7H14F3N/c1-5(2)3-6(4-11)7(8,9)10/h5-6H,3-4,11H2,1-2H3. The predicted molar refractivity (Wildman–Crippen MR) is 38.1 cm³/mol. The zero-order valence-electron chi connectivity index (χ0n) is 6.78. The van der Waals surface area contributed by atoms with Crippen LogP contribution in [-0.2, 0) is 0 Å². The lowest BCUT2D eigenvalue weighted by Gasteiger charge is -2.19. The molecule has 4 heteroatoms. The Hall–Kier alpha value is -0.250. The molecule has 0 aromatic carbocycles. The molecule has 0 radical (unpaired) electrons. The molecular weight excluding hydrogens is 155 g/mol. The first-order valence-electron chi connectivity index (χ1n) is 3.64. The molecule has 0 aliphatic heterocycles. The van der Waals surface area contributed by atoms with Crippen LogP contribution in [0.25, 0.3) is 0 Å². The van der Waals surface area contributed by atoms with E-state index >= 15 is 0 Å². The highest BCUT2D eigenvalue weighted by atomic mass is 19.4. The van der Waals surface area contributed by atoms with Gasteiger partial charge in [0.2, 0.25) is 0 Å². The van der Waals surface area contributed by atoms with Crippen LogP contribution in [0.15, 0.2) is 0 Å². The Morgan fingerprint density at radius 2 is 1.73 bits per heavy atom. The molecule has 0 rings (SSSR count). The molecule has 0 aromatic heterocycles. The van der Waals surface area contributed by atoms with E-state index in [4.69, 9.17) is 5.73 Å². The fourth-order valence-electron chi connectivity index (χ4n) is 0.933. The Morgan fingerprint density at radius 3 is 1.82 bits per heavy atom. The largest absolute Gasteiger partial charge is 0.393 e. The van der Waals surface area contributed by atoms with Gasteiger partial charge in [0.25, 0.3) is 0 Å². The van der Waals surface area contributed by atoms with Crippen LogP contribution in [0.3, 0.4) is 0 Å². The highest BCUT2D eigenvalue weighted by Crippen LogP contribution is 2.30. The summed E-state index contributed by atoms with van der Waals surface area (Å²) in [6, 6.07) is 0. The third-order valence-corrected chi connectivity index (χ3v) is 1.50. The summed E-state index contributed by atoms with van der Waals surface area (Å²) in [4.78, 5) is 0. The summed E-state index contributed by atoms with van der Waals surface area (Å²) in [5.74, 6) is -1.28. The van der Waals surface area contributed by atoms with E-state index in [0.717, 1.165) is 0 Å². The van der Waals surface area contributed by atoms with Gasteiger partial charge in [-0.3, -0.25) is 0 Å². The van der Waals surface area contributed by atoms with E-state index in [9.17, 15) is 13.2 Å². The van der Waals surface area contributed by atoms with E-state index < -0.39 is 12.1 Å². The molecule has 0 saturated carbocycles. The van der Waals surface area contributed by atoms with Crippen LogP contribution in [0, 0.1) is 11.8 Å². The average molecular weight is 169 g/mol. The summed E-state index contributed by atoms with van der Waals surface area (Å²) in [6.07, 6.45) is -4.00. The number of hydrogen-bond acceptors (Lipinski definition) is 1. The number of rotatable bonds is 3. The molecule has 1 nitrogen and oxygen atoms in total. The van der Waals surface area contributed by atoms with E-state index in [2.05, 4.69) is 0 Å². The minimum Gasteiger partial charge on any atom is -0.330 e. The van der Waals surface area contributed by atoms with Crippen molar-refractivity contribution < 1.29 is 13.2 Å². The SMILES string of the molecule is CC(C)CC(CN)C(F)(F)F. The molecule has 2 N–H and O–H groups in total. The van der Waals surface area contributed by atoms with Gasteiger partial charge in [0.1, 0.15) is 0 Å². The van der Waals surface area contributed by atoms with Gasteiger partial charge in [0.05, 0.1) is 5.92 Å². The van der Waals surface area contributed by atoms with Crippen LogP contribution in [0.2, 0.25) is 0 Å². The lowest BCUT2D eigenvalue weighted by atomic mass is 9.97. The summed E-state index contributed by atoms with van der Waals surface area (Å²) in [6.45, 7) is 3.21. The molecule has 0 aromatic rings. The van der Waals surface area contributed by atoms with Gasteiger partial charge < -0.3 is 5.73 Å². The highest BCUT2D eigenvalue weighted by molar-refractivity contribution is 4.69. The van der Waals surface area contributed by atoms with Crippen molar-refractivity contribution in [2.75, 3.05) is 6.54 Å². The third-order valence-electron chi connectivity index (χ3n) is 1.50. The number of hydrogen-bond donors (Lipinski definition) is 1. The number of nitrogens with two attached hydrogens (primary N) is 1. The van der Waals surface area contributed by atoms with E-state index in [1.54, 1.807) is 13.8 Å². The van der Waals surface area contributed by atoms with E-state index in [0.29, 0.717) is 0 Å². The summed E-state index contributed by atoms with van der Waals surface area (Å²) >= 11 is 0. The first-order valence-corrected chi connectivity index (χ1v) is 3.64. The summed E-state index contributed by atoms with van der Waals surface area (Å²) < 4.78 is 36.0. The highest BCUT2D eigenvalue weighted by Gasteiger charge is 2.38. The van der Waals surface area contributed by atoms with Crippen molar-refractivity contribution in [3.05, 3.63) is 0 Å². The van der Waals surface area contributed by atoms with Crippen LogP contribution in [-0.4, -0.2) is 12.7 Å². The first kappa shape index (κ1) is 10.8. The number of halogens is 3. The molecule has 0 bridgehead atoms. The van der Waals surface area contributed by atoms with Crippen LogP contribution in [0.1, 0.15) is 20.3 Å². The molecule has 0 spiro atoms. The molecule has 0 aliphatic carbocycles. The summed E-state index contributed by atoms with van der Waals surface area (Å²) in [7, 11) is 0. The van der Waals surface area contributed by atoms with Crippen molar-refractivity contribution in [2.24, 2.45) is 17.6 Å². The summed E-state index contributed by atoms with van der Waals surface area (Å²) in [5, 5.41) is 0. The monoisotopic (exact) mass is 169 g/mol. The van der Waals surface area contributed by atoms with Gasteiger partial charge in [0.15, 0.2) is 0 Å². The Bertz CT molecular complexity index is 109. The topological polar surface area (TPSA) is 26.0 Å². The molecular formula is C7H14F3N. The van der Waals surface area contributed by atoms with E-state index in [-0.39, 0.29) is 18.9 Å².